The molecule has 0 radical (unpaired) electrons. The number of aromatic nitrogens is 3. The van der Waals surface area contributed by atoms with E-state index < -0.39 is 5.97 Å². The lowest BCUT2D eigenvalue weighted by atomic mass is 10.2. The van der Waals surface area contributed by atoms with E-state index in [-0.39, 0.29) is 18.0 Å². The molecule has 0 bridgehead atoms. The van der Waals surface area contributed by atoms with Crippen LogP contribution in [0.1, 0.15) is 28.9 Å². The Morgan fingerprint density at radius 1 is 1.38 bits per heavy atom. The summed E-state index contributed by atoms with van der Waals surface area (Å²) < 4.78 is 10.6. The molecule has 0 aromatic carbocycles. The number of ether oxygens (including phenoxy) is 1. The number of pyridine rings is 1. The van der Waals surface area contributed by atoms with Crippen molar-refractivity contribution in [1.82, 2.24) is 15.0 Å². The molecule has 3 aromatic rings. The molecular formula is C16H16N4O3S. The molecule has 0 aliphatic carbocycles. The van der Waals surface area contributed by atoms with Gasteiger partial charge in [-0.25, -0.2) is 14.8 Å². The Labute approximate surface area is 142 Å². The molecular weight excluding hydrogens is 328 g/mol. The van der Waals surface area contributed by atoms with Gasteiger partial charge in [-0.05, 0) is 26.0 Å². The first-order valence-corrected chi connectivity index (χ1v) is 8.35. The van der Waals surface area contributed by atoms with Gasteiger partial charge in [0, 0.05) is 6.20 Å². The van der Waals surface area contributed by atoms with Crippen LogP contribution in [0.15, 0.2) is 33.8 Å². The van der Waals surface area contributed by atoms with Crippen molar-refractivity contribution in [3.05, 3.63) is 41.5 Å². The Morgan fingerprint density at radius 3 is 2.92 bits per heavy atom. The molecule has 2 N–H and O–H groups in total. The van der Waals surface area contributed by atoms with E-state index >= 15 is 0 Å². The van der Waals surface area contributed by atoms with Crippen LogP contribution < -0.4 is 5.73 Å². The zero-order valence-electron chi connectivity index (χ0n) is 13.3. The SMILES string of the molecule is CCOC(=O)c1c(C)oc2nc(CSc3ccccn3)nc(N)c12. The number of rotatable bonds is 5. The summed E-state index contributed by atoms with van der Waals surface area (Å²) in [6, 6.07) is 5.67. The third-order valence-corrected chi connectivity index (χ3v) is 4.21. The maximum absolute atomic E-state index is 12.1. The molecule has 0 amide bonds. The van der Waals surface area contributed by atoms with Crippen molar-refractivity contribution in [2.75, 3.05) is 12.3 Å². The number of thioether (sulfide) groups is 1. The van der Waals surface area contributed by atoms with Gasteiger partial charge in [-0.1, -0.05) is 17.8 Å². The van der Waals surface area contributed by atoms with Crippen LogP contribution in [0.2, 0.25) is 0 Å². The van der Waals surface area contributed by atoms with Crippen LogP contribution in [0.3, 0.4) is 0 Å². The fourth-order valence-corrected chi connectivity index (χ4v) is 2.98. The number of anilines is 1. The topological polar surface area (TPSA) is 104 Å². The number of carbonyl (C=O) groups is 1. The second kappa shape index (κ2) is 6.88. The monoisotopic (exact) mass is 344 g/mol. The molecule has 0 fully saturated rings. The maximum Gasteiger partial charge on any atom is 0.342 e. The number of hydrogen-bond donors (Lipinski definition) is 1. The van der Waals surface area contributed by atoms with Crippen LogP contribution in [0, 0.1) is 6.92 Å². The van der Waals surface area contributed by atoms with Gasteiger partial charge in [0.25, 0.3) is 0 Å². The predicted octanol–water partition coefficient (Wildman–Crippen LogP) is 2.98. The lowest BCUT2D eigenvalue weighted by Gasteiger charge is -2.03. The van der Waals surface area contributed by atoms with Crippen molar-refractivity contribution in [2.45, 2.75) is 24.6 Å². The second-order valence-corrected chi connectivity index (χ2v) is 5.91. The highest BCUT2D eigenvalue weighted by molar-refractivity contribution is 7.98. The van der Waals surface area contributed by atoms with Crippen LogP contribution in [0.5, 0.6) is 0 Å². The lowest BCUT2D eigenvalue weighted by Crippen LogP contribution is -2.07. The van der Waals surface area contributed by atoms with E-state index in [2.05, 4.69) is 15.0 Å². The Balaban J connectivity index is 1.92. The van der Waals surface area contributed by atoms with Crippen LogP contribution in [-0.2, 0) is 10.5 Å². The average Bonchev–Trinajstić information content (AvgIpc) is 2.91. The minimum absolute atomic E-state index is 0.205. The standard InChI is InChI=1S/C16H16N4O3S/c1-3-22-16(21)12-9(2)23-15-13(12)14(17)19-10(20-15)8-24-11-6-4-5-7-18-11/h4-7H,3,8H2,1-2H3,(H2,17,19,20). The van der Waals surface area contributed by atoms with Gasteiger partial charge in [0.15, 0.2) is 0 Å². The van der Waals surface area contributed by atoms with E-state index in [4.69, 9.17) is 14.9 Å². The average molecular weight is 344 g/mol. The smallest absolute Gasteiger partial charge is 0.342 e. The van der Waals surface area contributed by atoms with Crippen molar-refractivity contribution < 1.29 is 13.9 Å². The van der Waals surface area contributed by atoms with Crippen LogP contribution in [0.25, 0.3) is 11.1 Å². The van der Waals surface area contributed by atoms with Crippen molar-refractivity contribution in [3.8, 4) is 0 Å². The highest BCUT2D eigenvalue weighted by atomic mass is 32.2. The Hall–Kier alpha value is -2.61. The number of carbonyl (C=O) groups excluding carboxylic acids is 1. The van der Waals surface area contributed by atoms with Gasteiger partial charge in [0.05, 0.1) is 22.8 Å². The zero-order chi connectivity index (χ0) is 17.1. The number of aryl methyl sites for hydroxylation is 1. The lowest BCUT2D eigenvalue weighted by molar-refractivity contribution is 0.0526. The molecule has 3 rings (SSSR count). The molecule has 3 heterocycles. The molecule has 0 saturated carbocycles. The molecule has 0 aliphatic rings. The zero-order valence-corrected chi connectivity index (χ0v) is 14.1. The van der Waals surface area contributed by atoms with Gasteiger partial charge in [-0.3, -0.25) is 0 Å². The van der Waals surface area contributed by atoms with E-state index in [1.54, 1.807) is 20.0 Å². The summed E-state index contributed by atoms with van der Waals surface area (Å²) in [7, 11) is 0. The number of furan rings is 1. The second-order valence-electron chi connectivity index (χ2n) is 4.92. The Kier molecular flexibility index (Phi) is 4.66. The van der Waals surface area contributed by atoms with E-state index in [9.17, 15) is 4.79 Å². The summed E-state index contributed by atoms with van der Waals surface area (Å²) in [5, 5.41) is 1.26. The first kappa shape index (κ1) is 16.3. The van der Waals surface area contributed by atoms with Gasteiger partial charge >= 0.3 is 5.97 Å². The van der Waals surface area contributed by atoms with Gasteiger partial charge in [-0.15, -0.1) is 0 Å². The van der Waals surface area contributed by atoms with Gasteiger partial charge in [0.1, 0.15) is 23.0 Å². The van der Waals surface area contributed by atoms with Crippen LogP contribution in [0.4, 0.5) is 5.82 Å². The number of fused-ring (bicyclic) bond motifs is 1. The summed E-state index contributed by atoms with van der Waals surface area (Å²) in [6.07, 6.45) is 1.72. The van der Waals surface area contributed by atoms with Gasteiger partial charge in [-0.2, -0.15) is 4.98 Å². The van der Waals surface area contributed by atoms with Crippen molar-refractivity contribution in [3.63, 3.8) is 0 Å². The third-order valence-electron chi connectivity index (χ3n) is 3.27. The number of nitrogens with two attached hydrogens (primary N) is 1. The summed E-state index contributed by atoms with van der Waals surface area (Å²) >= 11 is 1.49. The van der Waals surface area contributed by atoms with Crippen LogP contribution >= 0.6 is 11.8 Å². The van der Waals surface area contributed by atoms with E-state index in [1.807, 2.05) is 18.2 Å². The summed E-state index contributed by atoms with van der Waals surface area (Å²) in [5.74, 6) is 1.14. The van der Waals surface area contributed by atoms with E-state index in [0.29, 0.717) is 28.4 Å². The molecule has 24 heavy (non-hydrogen) atoms. The molecule has 0 saturated heterocycles. The Morgan fingerprint density at radius 2 is 2.21 bits per heavy atom. The summed E-state index contributed by atoms with van der Waals surface area (Å²) in [6.45, 7) is 3.68. The molecule has 0 unspecified atom stereocenters. The molecule has 0 spiro atoms. The molecule has 0 aliphatic heterocycles. The predicted molar refractivity (Wildman–Crippen MR) is 90.7 cm³/mol. The third kappa shape index (κ3) is 3.18. The Bertz CT molecular complexity index is 880. The molecule has 0 atom stereocenters. The van der Waals surface area contributed by atoms with Crippen molar-refractivity contribution in [1.29, 1.82) is 0 Å². The summed E-state index contributed by atoms with van der Waals surface area (Å²) in [4.78, 5) is 25.0. The van der Waals surface area contributed by atoms with Gasteiger partial charge in [0.2, 0.25) is 5.71 Å². The minimum atomic E-state index is -0.486. The normalized spacial score (nSPS) is 10.9. The quantitative estimate of drug-likeness (QED) is 0.556. The van der Waals surface area contributed by atoms with E-state index in [1.165, 1.54) is 11.8 Å². The highest BCUT2D eigenvalue weighted by Crippen LogP contribution is 2.30. The fourth-order valence-electron chi connectivity index (χ4n) is 2.27. The first-order valence-electron chi connectivity index (χ1n) is 7.36. The molecule has 3 aromatic heterocycles. The van der Waals surface area contributed by atoms with Crippen LogP contribution in [-0.4, -0.2) is 27.5 Å². The molecule has 7 nitrogen and oxygen atoms in total. The number of hydrogen-bond acceptors (Lipinski definition) is 8. The molecule has 8 heteroatoms. The fraction of sp³-hybridized carbons (Fsp3) is 0.250. The number of esters is 1. The molecule has 124 valence electrons. The first-order chi connectivity index (χ1) is 11.6. The highest BCUT2D eigenvalue weighted by Gasteiger charge is 2.23. The number of nitrogens with zero attached hydrogens (tertiary/aromatic N) is 3. The minimum Gasteiger partial charge on any atom is -0.462 e. The van der Waals surface area contributed by atoms with Crippen molar-refractivity contribution >= 4 is 34.6 Å². The van der Waals surface area contributed by atoms with Gasteiger partial charge < -0.3 is 14.9 Å². The largest absolute Gasteiger partial charge is 0.462 e. The van der Waals surface area contributed by atoms with Crippen molar-refractivity contribution in [2.24, 2.45) is 0 Å². The van der Waals surface area contributed by atoms with E-state index in [0.717, 1.165) is 5.03 Å². The summed E-state index contributed by atoms with van der Waals surface area (Å²) in [5.41, 5.74) is 6.61. The maximum atomic E-state index is 12.1. The number of nitrogen functional groups attached to an aromatic ring is 1.